The zero-order valence-corrected chi connectivity index (χ0v) is 11.0. The molecule has 4 nitrogen and oxygen atoms in total. The number of amides is 1. The fourth-order valence-corrected chi connectivity index (χ4v) is 2.33. The summed E-state index contributed by atoms with van der Waals surface area (Å²) in [5.41, 5.74) is 0. The van der Waals surface area contributed by atoms with Gasteiger partial charge in [-0.2, -0.15) is 0 Å². The van der Waals surface area contributed by atoms with Gasteiger partial charge in [-0.15, -0.1) is 0 Å². The number of nitrogens with one attached hydrogen (secondary N) is 1. The van der Waals surface area contributed by atoms with Crippen LogP contribution in [0.25, 0.3) is 0 Å². The van der Waals surface area contributed by atoms with Gasteiger partial charge < -0.3 is 14.6 Å². The molecule has 4 heteroatoms. The molecule has 0 aliphatic carbocycles. The quantitative estimate of drug-likeness (QED) is 0.836. The van der Waals surface area contributed by atoms with Gasteiger partial charge in [-0.3, -0.25) is 4.79 Å². The fourth-order valence-electron chi connectivity index (χ4n) is 2.33. The van der Waals surface area contributed by atoms with Gasteiger partial charge in [-0.25, -0.2) is 0 Å². The van der Waals surface area contributed by atoms with Gasteiger partial charge in [0, 0.05) is 43.9 Å². The highest BCUT2D eigenvalue weighted by Crippen LogP contribution is 2.16. The van der Waals surface area contributed by atoms with Crippen molar-refractivity contribution in [1.29, 1.82) is 0 Å². The Balaban J connectivity index is 1.62. The Morgan fingerprint density at radius 1 is 1.50 bits per heavy atom. The predicted molar refractivity (Wildman–Crippen MR) is 70.2 cm³/mol. The molecule has 0 radical (unpaired) electrons. The zero-order chi connectivity index (χ0) is 12.8. The smallest absolute Gasteiger partial charge is 0.220 e. The number of carbonyl (C=O) groups is 1. The number of rotatable bonds is 6. The highest BCUT2D eigenvalue weighted by Gasteiger charge is 2.23. The summed E-state index contributed by atoms with van der Waals surface area (Å²) in [6.45, 7) is 4.59. The van der Waals surface area contributed by atoms with Crippen molar-refractivity contribution in [2.75, 3.05) is 13.2 Å². The largest absolute Gasteiger partial charge is 0.381 e. The van der Waals surface area contributed by atoms with Crippen molar-refractivity contribution in [3.63, 3.8) is 0 Å². The molecule has 1 amide bonds. The van der Waals surface area contributed by atoms with Gasteiger partial charge in [0.25, 0.3) is 0 Å². The monoisotopic (exact) mass is 250 g/mol. The molecular weight excluding hydrogens is 228 g/mol. The van der Waals surface area contributed by atoms with Crippen LogP contribution in [0.1, 0.15) is 26.2 Å². The molecule has 1 saturated heterocycles. The second kappa shape index (κ2) is 6.59. The minimum Gasteiger partial charge on any atom is -0.381 e. The van der Waals surface area contributed by atoms with E-state index < -0.39 is 0 Å². The molecule has 2 unspecified atom stereocenters. The van der Waals surface area contributed by atoms with Gasteiger partial charge >= 0.3 is 0 Å². The zero-order valence-electron chi connectivity index (χ0n) is 11.0. The first-order valence-corrected chi connectivity index (χ1v) is 6.73. The topological polar surface area (TPSA) is 43.3 Å². The van der Waals surface area contributed by atoms with Crippen LogP contribution in [0.3, 0.4) is 0 Å². The van der Waals surface area contributed by atoms with E-state index in [0.29, 0.717) is 12.3 Å². The number of aryl methyl sites for hydroxylation is 1. The highest BCUT2D eigenvalue weighted by atomic mass is 16.5. The molecular formula is C14H22N2O2. The second-order valence-corrected chi connectivity index (χ2v) is 5.00. The third-order valence-electron chi connectivity index (χ3n) is 3.55. The average molecular weight is 250 g/mol. The summed E-state index contributed by atoms with van der Waals surface area (Å²) in [5, 5.41) is 3.07. The highest BCUT2D eigenvalue weighted by molar-refractivity contribution is 5.76. The van der Waals surface area contributed by atoms with Crippen LogP contribution in [-0.4, -0.2) is 29.7 Å². The van der Waals surface area contributed by atoms with Crippen LogP contribution in [0, 0.1) is 5.92 Å². The molecule has 1 aromatic rings. The van der Waals surface area contributed by atoms with Crippen LogP contribution in [0.5, 0.6) is 0 Å². The first kappa shape index (κ1) is 13.1. The van der Waals surface area contributed by atoms with E-state index in [1.807, 2.05) is 24.5 Å². The van der Waals surface area contributed by atoms with E-state index in [0.717, 1.165) is 32.6 Å². The first-order chi connectivity index (χ1) is 8.75. The van der Waals surface area contributed by atoms with Crippen molar-refractivity contribution >= 4 is 5.91 Å². The Morgan fingerprint density at radius 3 is 2.94 bits per heavy atom. The van der Waals surface area contributed by atoms with E-state index in [4.69, 9.17) is 4.74 Å². The van der Waals surface area contributed by atoms with Gasteiger partial charge in [0.2, 0.25) is 5.91 Å². The Labute approximate surface area is 108 Å². The third kappa shape index (κ3) is 3.88. The fraction of sp³-hybridized carbons (Fsp3) is 0.643. The van der Waals surface area contributed by atoms with E-state index in [-0.39, 0.29) is 11.9 Å². The van der Waals surface area contributed by atoms with Gasteiger partial charge in [-0.05, 0) is 31.9 Å². The minimum atomic E-state index is 0.154. The molecule has 18 heavy (non-hydrogen) atoms. The molecule has 2 heterocycles. The van der Waals surface area contributed by atoms with Crippen LogP contribution in [0.15, 0.2) is 24.5 Å². The predicted octanol–water partition coefficient (Wildman–Crippen LogP) is 1.81. The van der Waals surface area contributed by atoms with Gasteiger partial charge in [0.1, 0.15) is 0 Å². The van der Waals surface area contributed by atoms with Crippen LogP contribution >= 0.6 is 0 Å². The summed E-state index contributed by atoms with van der Waals surface area (Å²) in [5.74, 6) is 0.639. The summed E-state index contributed by atoms with van der Waals surface area (Å²) in [6, 6.07) is 4.23. The summed E-state index contributed by atoms with van der Waals surface area (Å²) < 4.78 is 7.43. The number of carbonyl (C=O) groups excluding carboxylic acids is 1. The standard InChI is InChI=1S/C14H22N2O2/c1-12(13-6-10-18-11-13)15-14(17)5-4-9-16-7-2-3-8-16/h2-3,7-8,12-13H,4-6,9-11H2,1H3,(H,15,17). The molecule has 2 rings (SSSR count). The third-order valence-corrected chi connectivity index (χ3v) is 3.55. The normalized spacial score (nSPS) is 20.8. The van der Waals surface area contributed by atoms with Crippen LogP contribution in [-0.2, 0) is 16.1 Å². The van der Waals surface area contributed by atoms with Crippen LogP contribution < -0.4 is 5.32 Å². The molecule has 1 aliphatic heterocycles. The van der Waals surface area contributed by atoms with Crippen LogP contribution in [0.4, 0.5) is 0 Å². The van der Waals surface area contributed by atoms with Crippen molar-refractivity contribution < 1.29 is 9.53 Å². The van der Waals surface area contributed by atoms with Crippen molar-refractivity contribution in [2.24, 2.45) is 5.92 Å². The van der Waals surface area contributed by atoms with Gasteiger partial charge in [0.05, 0.1) is 6.61 Å². The molecule has 1 aliphatic rings. The Kier molecular flexibility index (Phi) is 4.81. The first-order valence-electron chi connectivity index (χ1n) is 6.73. The summed E-state index contributed by atoms with van der Waals surface area (Å²) in [6.07, 6.45) is 6.59. The molecule has 1 N–H and O–H groups in total. The summed E-state index contributed by atoms with van der Waals surface area (Å²) in [7, 11) is 0. The maximum Gasteiger partial charge on any atom is 0.220 e. The van der Waals surface area contributed by atoms with E-state index in [1.165, 1.54) is 0 Å². The van der Waals surface area contributed by atoms with E-state index in [1.54, 1.807) is 0 Å². The molecule has 0 saturated carbocycles. The Bertz CT molecular complexity index is 356. The summed E-state index contributed by atoms with van der Waals surface area (Å²) in [4.78, 5) is 11.8. The molecule has 0 aromatic carbocycles. The van der Waals surface area contributed by atoms with Crippen molar-refractivity contribution in [2.45, 2.75) is 38.8 Å². The lowest BCUT2D eigenvalue weighted by Crippen LogP contribution is -2.38. The number of aromatic nitrogens is 1. The van der Waals surface area contributed by atoms with Gasteiger partial charge in [-0.1, -0.05) is 0 Å². The number of hydrogen-bond acceptors (Lipinski definition) is 2. The minimum absolute atomic E-state index is 0.154. The van der Waals surface area contributed by atoms with Crippen LogP contribution in [0.2, 0.25) is 0 Å². The number of ether oxygens (including phenoxy) is 1. The molecule has 100 valence electrons. The Morgan fingerprint density at radius 2 is 2.28 bits per heavy atom. The SMILES string of the molecule is CC(NC(=O)CCCn1cccc1)C1CCOC1. The number of nitrogens with zero attached hydrogens (tertiary/aromatic N) is 1. The second-order valence-electron chi connectivity index (χ2n) is 5.00. The average Bonchev–Trinajstić information content (AvgIpc) is 3.02. The van der Waals surface area contributed by atoms with Crippen molar-refractivity contribution in [3.8, 4) is 0 Å². The van der Waals surface area contributed by atoms with E-state index >= 15 is 0 Å². The lowest BCUT2D eigenvalue weighted by atomic mass is 10.0. The molecule has 1 fully saturated rings. The molecule has 2 atom stereocenters. The van der Waals surface area contributed by atoms with E-state index in [2.05, 4.69) is 16.8 Å². The molecule has 0 spiro atoms. The maximum atomic E-state index is 11.8. The molecule has 0 bridgehead atoms. The lowest BCUT2D eigenvalue weighted by molar-refractivity contribution is -0.122. The van der Waals surface area contributed by atoms with Gasteiger partial charge in [0.15, 0.2) is 0 Å². The number of hydrogen-bond donors (Lipinski definition) is 1. The maximum absolute atomic E-state index is 11.8. The van der Waals surface area contributed by atoms with Crippen molar-refractivity contribution in [1.82, 2.24) is 9.88 Å². The van der Waals surface area contributed by atoms with Crippen molar-refractivity contribution in [3.05, 3.63) is 24.5 Å². The molecule has 1 aromatic heterocycles. The van der Waals surface area contributed by atoms with E-state index in [9.17, 15) is 4.79 Å². The Hall–Kier alpha value is -1.29. The lowest BCUT2D eigenvalue weighted by Gasteiger charge is -2.19. The summed E-state index contributed by atoms with van der Waals surface area (Å²) >= 11 is 0.